The van der Waals surface area contributed by atoms with Crippen LogP contribution in [0.15, 0.2) is 30.3 Å². The number of halogens is 3. The minimum Gasteiger partial charge on any atom is -0.481 e. The Labute approximate surface area is 109 Å². The molecule has 0 fully saturated rings. The second-order valence-corrected chi connectivity index (χ2v) is 5.93. The SMILES string of the molecule is CC(C(=O)O)C(c1ccccc1)C(Cl)(Cl)Cl. The van der Waals surface area contributed by atoms with Crippen molar-refractivity contribution in [3.63, 3.8) is 0 Å². The Morgan fingerprint density at radius 3 is 2.12 bits per heavy atom. The Morgan fingerprint density at radius 2 is 1.75 bits per heavy atom. The molecule has 0 saturated heterocycles. The summed E-state index contributed by atoms with van der Waals surface area (Å²) in [4.78, 5) is 11.0. The van der Waals surface area contributed by atoms with Crippen molar-refractivity contribution in [2.75, 3.05) is 0 Å². The Hall–Kier alpha value is -0.440. The molecule has 0 aliphatic rings. The van der Waals surface area contributed by atoms with Crippen LogP contribution < -0.4 is 0 Å². The highest BCUT2D eigenvalue weighted by Gasteiger charge is 2.40. The van der Waals surface area contributed by atoms with Crippen LogP contribution in [0.5, 0.6) is 0 Å². The number of alkyl halides is 3. The molecular weight excluding hydrogens is 270 g/mol. The van der Waals surface area contributed by atoms with Crippen LogP contribution in [0.25, 0.3) is 0 Å². The van der Waals surface area contributed by atoms with Crippen LogP contribution in [0.4, 0.5) is 0 Å². The molecule has 1 N–H and O–H groups in total. The average molecular weight is 282 g/mol. The maximum atomic E-state index is 11.0. The molecule has 0 radical (unpaired) electrons. The molecule has 1 rings (SSSR count). The van der Waals surface area contributed by atoms with Gasteiger partial charge in [-0.15, -0.1) is 0 Å². The highest BCUT2D eigenvalue weighted by molar-refractivity contribution is 6.68. The summed E-state index contributed by atoms with van der Waals surface area (Å²) in [5.74, 6) is -2.42. The molecule has 0 spiro atoms. The molecule has 0 bridgehead atoms. The van der Waals surface area contributed by atoms with Gasteiger partial charge in [0.05, 0.1) is 5.92 Å². The van der Waals surface area contributed by atoms with E-state index in [2.05, 4.69) is 0 Å². The maximum absolute atomic E-state index is 11.0. The molecule has 1 aromatic carbocycles. The molecule has 2 unspecified atom stereocenters. The van der Waals surface area contributed by atoms with E-state index in [0.29, 0.717) is 5.56 Å². The van der Waals surface area contributed by atoms with Crippen molar-refractivity contribution in [2.45, 2.75) is 16.6 Å². The zero-order chi connectivity index (χ0) is 12.3. The lowest BCUT2D eigenvalue weighted by molar-refractivity contribution is -0.141. The number of hydrogen-bond donors (Lipinski definition) is 1. The Balaban J connectivity index is 3.12. The Kier molecular flexibility index (Phi) is 4.48. The van der Waals surface area contributed by atoms with E-state index in [0.717, 1.165) is 0 Å². The molecule has 2 nitrogen and oxygen atoms in total. The summed E-state index contributed by atoms with van der Waals surface area (Å²) in [6.07, 6.45) is 0. The van der Waals surface area contributed by atoms with Crippen LogP contribution in [0, 0.1) is 5.92 Å². The summed E-state index contributed by atoms with van der Waals surface area (Å²) in [5, 5.41) is 9.00. The van der Waals surface area contributed by atoms with Crippen molar-refractivity contribution >= 4 is 40.8 Å². The number of carbonyl (C=O) groups is 1. The van der Waals surface area contributed by atoms with Gasteiger partial charge >= 0.3 is 5.97 Å². The number of hydrogen-bond acceptors (Lipinski definition) is 1. The van der Waals surface area contributed by atoms with Crippen molar-refractivity contribution in [2.24, 2.45) is 5.92 Å². The van der Waals surface area contributed by atoms with E-state index in [4.69, 9.17) is 39.9 Å². The fraction of sp³-hybridized carbons (Fsp3) is 0.364. The molecule has 0 aliphatic carbocycles. The molecule has 88 valence electrons. The summed E-state index contributed by atoms with van der Waals surface area (Å²) in [5.41, 5.74) is 0.706. The topological polar surface area (TPSA) is 37.3 Å². The largest absolute Gasteiger partial charge is 0.481 e. The Bertz CT molecular complexity index is 359. The monoisotopic (exact) mass is 280 g/mol. The van der Waals surface area contributed by atoms with Gasteiger partial charge in [-0.05, 0) is 5.56 Å². The Morgan fingerprint density at radius 1 is 1.25 bits per heavy atom. The highest BCUT2D eigenvalue weighted by Crippen LogP contribution is 2.45. The van der Waals surface area contributed by atoms with E-state index in [9.17, 15) is 4.79 Å². The number of aliphatic carboxylic acids is 1. The van der Waals surface area contributed by atoms with Gasteiger partial charge in [-0.25, -0.2) is 0 Å². The van der Waals surface area contributed by atoms with Gasteiger partial charge in [0.1, 0.15) is 0 Å². The number of carboxylic acid groups (broad SMARTS) is 1. The third-order valence-electron chi connectivity index (χ3n) is 2.40. The molecule has 0 saturated carbocycles. The van der Waals surface area contributed by atoms with Gasteiger partial charge in [-0.1, -0.05) is 72.1 Å². The van der Waals surface area contributed by atoms with Gasteiger partial charge in [0, 0.05) is 5.92 Å². The van der Waals surface area contributed by atoms with Gasteiger partial charge in [0.2, 0.25) is 0 Å². The van der Waals surface area contributed by atoms with Crippen LogP contribution in [0.1, 0.15) is 18.4 Å². The van der Waals surface area contributed by atoms with Crippen LogP contribution >= 0.6 is 34.8 Å². The summed E-state index contributed by atoms with van der Waals surface area (Å²) < 4.78 is -1.64. The molecule has 5 heteroatoms. The zero-order valence-electron chi connectivity index (χ0n) is 8.53. The van der Waals surface area contributed by atoms with E-state index in [1.165, 1.54) is 6.92 Å². The molecule has 0 heterocycles. The first kappa shape index (κ1) is 13.6. The van der Waals surface area contributed by atoms with Crippen molar-refractivity contribution in [1.29, 1.82) is 0 Å². The van der Waals surface area contributed by atoms with Crippen molar-refractivity contribution < 1.29 is 9.90 Å². The van der Waals surface area contributed by atoms with E-state index in [1.54, 1.807) is 24.3 Å². The molecule has 16 heavy (non-hydrogen) atoms. The minimum absolute atomic E-state index is 0.670. The number of carboxylic acids is 1. The number of rotatable bonds is 3. The van der Waals surface area contributed by atoms with Gasteiger partial charge in [0.15, 0.2) is 3.79 Å². The van der Waals surface area contributed by atoms with Gasteiger partial charge in [-0.2, -0.15) is 0 Å². The molecule has 0 amide bonds. The van der Waals surface area contributed by atoms with Gasteiger partial charge in [-0.3, -0.25) is 4.79 Å². The van der Waals surface area contributed by atoms with Crippen LogP contribution in [0.3, 0.4) is 0 Å². The first-order valence-electron chi connectivity index (χ1n) is 4.68. The lowest BCUT2D eigenvalue weighted by Crippen LogP contribution is -2.29. The van der Waals surface area contributed by atoms with Crippen LogP contribution in [-0.2, 0) is 4.79 Å². The van der Waals surface area contributed by atoms with Crippen LogP contribution in [0.2, 0.25) is 0 Å². The van der Waals surface area contributed by atoms with Crippen LogP contribution in [-0.4, -0.2) is 14.9 Å². The fourth-order valence-electron chi connectivity index (χ4n) is 1.56. The van der Waals surface area contributed by atoms with E-state index < -0.39 is 21.6 Å². The summed E-state index contributed by atoms with van der Waals surface area (Å²) in [7, 11) is 0. The molecule has 2 atom stereocenters. The quantitative estimate of drug-likeness (QED) is 0.854. The standard InChI is InChI=1S/C11H11Cl3O2/c1-7(10(15)16)9(11(12,13)14)8-5-3-2-4-6-8/h2-7,9H,1H3,(H,15,16). The van der Waals surface area contributed by atoms with Crippen molar-refractivity contribution in [3.05, 3.63) is 35.9 Å². The highest BCUT2D eigenvalue weighted by atomic mass is 35.6. The third kappa shape index (κ3) is 3.27. The number of benzene rings is 1. The second kappa shape index (κ2) is 5.26. The molecule has 1 aromatic rings. The summed E-state index contributed by atoms with van der Waals surface area (Å²) in [6, 6.07) is 8.91. The maximum Gasteiger partial charge on any atom is 0.306 e. The third-order valence-corrected chi connectivity index (χ3v) is 3.11. The van der Waals surface area contributed by atoms with Crippen molar-refractivity contribution in [1.82, 2.24) is 0 Å². The predicted molar refractivity (Wildman–Crippen MR) is 66.3 cm³/mol. The van der Waals surface area contributed by atoms with E-state index in [-0.39, 0.29) is 0 Å². The van der Waals surface area contributed by atoms with Gasteiger partial charge in [0.25, 0.3) is 0 Å². The average Bonchev–Trinajstić information content (AvgIpc) is 2.17. The smallest absolute Gasteiger partial charge is 0.306 e. The lowest BCUT2D eigenvalue weighted by Gasteiger charge is -2.28. The lowest BCUT2D eigenvalue weighted by atomic mass is 9.88. The second-order valence-electron chi connectivity index (χ2n) is 3.56. The summed E-state index contributed by atoms with van der Waals surface area (Å²) in [6.45, 7) is 1.53. The van der Waals surface area contributed by atoms with E-state index >= 15 is 0 Å². The first-order chi connectivity index (χ1) is 7.34. The first-order valence-corrected chi connectivity index (χ1v) is 5.82. The van der Waals surface area contributed by atoms with Gasteiger partial charge < -0.3 is 5.11 Å². The predicted octanol–water partition coefficient (Wildman–Crippen LogP) is 3.86. The molecular formula is C11H11Cl3O2. The fourth-order valence-corrected chi connectivity index (χ4v) is 2.51. The molecule has 0 aromatic heterocycles. The minimum atomic E-state index is -1.64. The van der Waals surface area contributed by atoms with Crippen molar-refractivity contribution in [3.8, 4) is 0 Å². The zero-order valence-corrected chi connectivity index (χ0v) is 10.8. The van der Waals surface area contributed by atoms with E-state index in [1.807, 2.05) is 6.07 Å². The molecule has 0 aliphatic heterocycles. The normalized spacial score (nSPS) is 15.5. The summed E-state index contributed by atoms with van der Waals surface area (Å²) >= 11 is 17.5.